The van der Waals surface area contributed by atoms with E-state index in [1.165, 1.54) is 20.3 Å². The number of benzene rings is 2. The number of fused-ring (bicyclic) bond motifs is 1. The number of ketones is 1. The predicted octanol–water partition coefficient (Wildman–Crippen LogP) is 4.01. The Morgan fingerprint density at radius 1 is 1.04 bits per heavy atom. The number of aromatic nitrogens is 1. The van der Waals surface area contributed by atoms with Crippen molar-refractivity contribution in [3.05, 3.63) is 65.9 Å². The van der Waals surface area contributed by atoms with Crippen LogP contribution < -0.4 is 9.47 Å². The van der Waals surface area contributed by atoms with Gasteiger partial charge in [-0.25, -0.2) is 4.79 Å². The maximum atomic E-state index is 12.7. The predicted molar refractivity (Wildman–Crippen MR) is 107 cm³/mol. The smallest absolute Gasteiger partial charge is 0.331 e. The number of Topliss-reactive ketones (excluding diaryl/α,β-unsaturated/α-hetero) is 1. The third-order valence-corrected chi connectivity index (χ3v) is 4.35. The molecular formula is C22H21NO5. The monoisotopic (exact) mass is 379 g/mol. The lowest BCUT2D eigenvalue weighted by atomic mass is 10.1. The molecular weight excluding hydrogens is 358 g/mol. The van der Waals surface area contributed by atoms with Gasteiger partial charge in [-0.2, -0.15) is 0 Å². The minimum Gasteiger partial charge on any atom is -0.493 e. The standard InChI is InChI=1S/C22H21NO5/c1-14(21(25)17-13-23-18-9-5-4-8-16(17)18)28-20(24)12-11-15-7-6-10-19(26-2)22(15)27-3/h4-14,23H,1-3H3/b12-11+. The average molecular weight is 379 g/mol. The van der Waals surface area contributed by atoms with Crippen molar-refractivity contribution in [1.29, 1.82) is 0 Å². The van der Waals surface area contributed by atoms with Crippen LogP contribution in [0.25, 0.3) is 17.0 Å². The van der Waals surface area contributed by atoms with E-state index >= 15 is 0 Å². The van der Waals surface area contributed by atoms with Gasteiger partial charge in [0.1, 0.15) is 0 Å². The molecule has 2 aromatic carbocycles. The van der Waals surface area contributed by atoms with E-state index in [0.717, 1.165) is 10.9 Å². The van der Waals surface area contributed by atoms with Crippen molar-refractivity contribution in [1.82, 2.24) is 4.98 Å². The molecule has 28 heavy (non-hydrogen) atoms. The largest absolute Gasteiger partial charge is 0.493 e. The van der Waals surface area contributed by atoms with Gasteiger partial charge in [-0.1, -0.05) is 30.3 Å². The van der Waals surface area contributed by atoms with Crippen LogP contribution in [-0.2, 0) is 9.53 Å². The highest BCUT2D eigenvalue weighted by atomic mass is 16.5. The lowest BCUT2D eigenvalue weighted by molar-refractivity contribution is -0.140. The van der Waals surface area contributed by atoms with Crippen molar-refractivity contribution >= 4 is 28.7 Å². The van der Waals surface area contributed by atoms with E-state index in [1.54, 1.807) is 37.4 Å². The average Bonchev–Trinajstić information content (AvgIpc) is 3.15. The molecule has 1 N–H and O–H groups in total. The highest BCUT2D eigenvalue weighted by Crippen LogP contribution is 2.31. The molecule has 1 heterocycles. The molecule has 6 nitrogen and oxygen atoms in total. The van der Waals surface area contributed by atoms with Crippen molar-refractivity contribution in [3.63, 3.8) is 0 Å². The number of esters is 1. The number of carbonyl (C=O) groups excluding carboxylic acids is 2. The van der Waals surface area contributed by atoms with Gasteiger partial charge in [0, 0.05) is 34.3 Å². The third-order valence-electron chi connectivity index (χ3n) is 4.35. The van der Waals surface area contributed by atoms with Crippen molar-refractivity contribution in [2.75, 3.05) is 14.2 Å². The molecule has 0 aliphatic heterocycles. The summed E-state index contributed by atoms with van der Waals surface area (Å²) < 4.78 is 15.8. The molecule has 0 saturated heterocycles. The number of ether oxygens (including phenoxy) is 3. The van der Waals surface area contributed by atoms with Crippen molar-refractivity contribution in [3.8, 4) is 11.5 Å². The van der Waals surface area contributed by atoms with Gasteiger partial charge < -0.3 is 19.2 Å². The molecule has 0 saturated carbocycles. The van der Waals surface area contributed by atoms with Gasteiger partial charge in [0.15, 0.2) is 17.6 Å². The topological polar surface area (TPSA) is 77.6 Å². The van der Waals surface area contributed by atoms with Crippen LogP contribution in [0, 0.1) is 0 Å². The second-order valence-electron chi connectivity index (χ2n) is 6.11. The summed E-state index contributed by atoms with van der Waals surface area (Å²) in [6, 6.07) is 12.8. The molecule has 0 aliphatic carbocycles. The van der Waals surface area contributed by atoms with Gasteiger partial charge in [-0.05, 0) is 25.1 Å². The molecule has 1 unspecified atom stereocenters. The summed E-state index contributed by atoms with van der Waals surface area (Å²) in [6.45, 7) is 1.56. The molecule has 6 heteroatoms. The molecule has 3 aromatic rings. The molecule has 0 bridgehead atoms. The molecule has 1 atom stereocenters. The first kappa shape index (κ1) is 19.2. The van der Waals surface area contributed by atoms with E-state index in [4.69, 9.17) is 14.2 Å². The second-order valence-corrected chi connectivity index (χ2v) is 6.11. The quantitative estimate of drug-likeness (QED) is 0.381. The van der Waals surface area contributed by atoms with E-state index in [1.807, 2.05) is 24.3 Å². The maximum absolute atomic E-state index is 12.7. The van der Waals surface area contributed by atoms with Crippen LogP contribution in [-0.4, -0.2) is 37.1 Å². The summed E-state index contributed by atoms with van der Waals surface area (Å²) in [4.78, 5) is 27.9. The number of aromatic amines is 1. The van der Waals surface area contributed by atoms with Gasteiger partial charge in [0.2, 0.25) is 5.78 Å². The van der Waals surface area contributed by atoms with Gasteiger partial charge in [-0.15, -0.1) is 0 Å². The molecule has 144 valence electrons. The van der Waals surface area contributed by atoms with Gasteiger partial charge in [0.05, 0.1) is 14.2 Å². The van der Waals surface area contributed by atoms with Crippen molar-refractivity contribution in [2.24, 2.45) is 0 Å². The summed E-state index contributed by atoms with van der Waals surface area (Å²) in [7, 11) is 3.06. The highest BCUT2D eigenvalue weighted by Gasteiger charge is 2.21. The Morgan fingerprint density at radius 2 is 1.82 bits per heavy atom. The van der Waals surface area contributed by atoms with Crippen LogP contribution in [0.3, 0.4) is 0 Å². The fourth-order valence-corrected chi connectivity index (χ4v) is 2.96. The van der Waals surface area contributed by atoms with Gasteiger partial charge in [-0.3, -0.25) is 4.79 Å². The van der Waals surface area contributed by atoms with E-state index in [0.29, 0.717) is 22.6 Å². The summed E-state index contributed by atoms with van der Waals surface area (Å²) in [5.41, 5.74) is 2.01. The zero-order valence-electron chi connectivity index (χ0n) is 15.9. The molecule has 1 aromatic heterocycles. The number of nitrogens with one attached hydrogen (secondary N) is 1. The molecule has 0 radical (unpaired) electrons. The summed E-state index contributed by atoms with van der Waals surface area (Å²) in [5.74, 6) is 0.182. The molecule has 0 amide bonds. The number of para-hydroxylation sites is 2. The summed E-state index contributed by atoms with van der Waals surface area (Å²) in [5, 5.41) is 0.798. The number of hydrogen-bond acceptors (Lipinski definition) is 5. The Bertz CT molecular complexity index is 1030. The van der Waals surface area contributed by atoms with Crippen LogP contribution in [0.1, 0.15) is 22.8 Å². The molecule has 0 spiro atoms. The maximum Gasteiger partial charge on any atom is 0.331 e. The lowest BCUT2D eigenvalue weighted by Gasteiger charge is -2.11. The minimum absolute atomic E-state index is 0.266. The summed E-state index contributed by atoms with van der Waals surface area (Å²) >= 11 is 0. The summed E-state index contributed by atoms with van der Waals surface area (Å²) in [6.07, 6.45) is 3.54. The first-order valence-electron chi connectivity index (χ1n) is 8.75. The van der Waals surface area contributed by atoms with Crippen LogP contribution in [0.15, 0.2) is 54.7 Å². The second kappa shape index (κ2) is 8.43. The van der Waals surface area contributed by atoms with E-state index < -0.39 is 12.1 Å². The minimum atomic E-state index is -0.913. The number of hydrogen-bond donors (Lipinski definition) is 1. The molecule has 3 rings (SSSR count). The molecule has 0 aliphatic rings. The lowest BCUT2D eigenvalue weighted by Crippen LogP contribution is -2.23. The van der Waals surface area contributed by atoms with Gasteiger partial charge in [0.25, 0.3) is 0 Å². The van der Waals surface area contributed by atoms with E-state index in [-0.39, 0.29) is 5.78 Å². The first-order valence-corrected chi connectivity index (χ1v) is 8.75. The number of rotatable bonds is 7. The third kappa shape index (κ3) is 3.91. The Labute approximate surface area is 162 Å². The Balaban J connectivity index is 1.71. The highest BCUT2D eigenvalue weighted by molar-refractivity contribution is 6.10. The van der Waals surface area contributed by atoms with Crippen LogP contribution in [0.5, 0.6) is 11.5 Å². The zero-order valence-corrected chi connectivity index (χ0v) is 15.9. The fourth-order valence-electron chi connectivity index (χ4n) is 2.96. The van der Waals surface area contributed by atoms with Gasteiger partial charge >= 0.3 is 5.97 Å². The van der Waals surface area contributed by atoms with E-state index in [9.17, 15) is 9.59 Å². The first-order chi connectivity index (χ1) is 13.5. The van der Waals surface area contributed by atoms with E-state index in [2.05, 4.69) is 4.98 Å². The number of H-pyrrole nitrogens is 1. The number of carbonyl (C=O) groups is 2. The van der Waals surface area contributed by atoms with Crippen LogP contribution in [0.2, 0.25) is 0 Å². The fraction of sp³-hybridized carbons (Fsp3) is 0.182. The normalized spacial score (nSPS) is 12.1. The van der Waals surface area contributed by atoms with Crippen molar-refractivity contribution < 1.29 is 23.8 Å². The molecule has 0 fully saturated rings. The SMILES string of the molecule is COc1cccc(/C=C/C(=O)OC(C)C(=O)c2c[nH]c3ccccc23)c1OC. The Kier molecular flexibility index (Phi) is 5.79. The Hall–Kier alpha value is -3.54. The van der Waals surface area contributed by atoms with Crippen LogP contribution >= 0.6 is 0 Å². The number of methoxy groups -OCH3 is 2. The van der Waals surface area contributed by atoms with Crippen LogP contribution in [0.4, 0.5) is 0 Å². The zero-order chi connectivity index (χ0) is 20.1. The Morgan fingerprint density at radius 3 is 2.57 bits per heavy atom. The van der Waals surface area contributed by atoms with Crippen molar-refractivity contribution in [2.45, 2.75) is 13.0 Å².